The molecule has 0 aromatic rings. The number of aliphatic hydroxyl groups is 1. The summed E-state index contributed by atoms with van der Waals surface area (Å²) >= 11 is 0. The second kappa shape index (κ2) is 5.99. The number of carbonyl (C=O) groups excluding carboxylic acids is 2. The Bertz CT molecular complexity index is 247. The average Bonchev–Trinajstić information content (AvgIpc) is 2.21. The fraction of sp³-hybridized carbons (Fsp3) is 0.833. The summed E-state index contributed by atoms with van der Waals surface area (Å²) < 4.78 is 0. The SMILES string of the molecule is CC(CO)CCCN1C(=O)CC(C)CC1=O. The number of imide groups is 1. The Morgan fingerprint density at radius 1 is 1.38 bits per heavy atom. The van der Waals surface area contributed by atoms with Crippen LogP contribution in [0.2, 0.25) is 0 Å². The molecule has 0 aromatic carbocycles. The van der Waals surface area contributed by atoms with E-state index in [2.05, 4.69) is 0 Å². The minimum atomic E-state index is -0.0413. The summed E-state index contributed by atoms with van der Waals surface area (Å²) in [6.07, 6.45) is 2.61. The molecule has 1 atom stereocenters. The lowest BCUT2D eigenvalue weighted by Gasteiger charge is -2.28. The molecular weight excluding hydrogens is 206 g/mol. The van der Waals surface area contributed by atoms with Gasteiger partial charge in [0.2, 0.25) is 11.8 Å². The summed E-state index contributed by atoms with van der Waals surface area (Å²) in [5, 5.41) is 8.86. The summed E-state index contributed by atoms with van der Waals surface area (Å²) in [4.78, 5) is 24.6. The monoisotopic (exact) mass is 227 g/mol. The van der Waals surface area contributed by atoms with Crippen LogP contribution in [0.5, 0.6) is 0 Å². The molecule has 0 saturated carbocycles. The lowest BCUT2D eigenvalue weighted by atomic mass is 9.97. The van der Waals surface area contributed by atoms with Gasteiger partial charge < -0.3 is 5.11 Å². The van der Waals surface area contributed by atoms with Gasteiger partial charge in [0, 0.05) is 26.0 Å². The number of nitrogens with zero attached hydrogens (tertiary/aromatic N) is 1. The molecule has 0 radical (unpaired) electrons. The van der Waals surface area contributed by atoms with Crippen LogP contribution < -0.4 is 0 Å². The summed E-state index contributed by atoms with van der Waals surface area (Å²) in [5.74, 6) is 0.349. The zero-order chi connectivity index (χ0) is 12.1. The van der Waals surface area contributed by atoms with Crippen molar-refractivity contribution in [3.05, 3.63) is 0 Å². The van der Waals surface area contributed by atoms with Crippen LogP contribution in [-0.2, 0) is 9.59 Å². The molecular formula is C12H21NO3. The van der Waals surface area contributed by atoms with E-state index in [1.165, 1.54) is 4.90 Å². The van der Waals surface area contributed by atoms with Crippen LogP contribution in [0.1, 0.15) is 39.5 Å². The second-order valence-corrected chi connectivity index (χ2v) is 4.88. The molecule has 1 fully saturated rings. The Morgan fingerprint density at radius 3 is 2.44 bits per heavy atom. The van der Waals surface area contributed by atoms with Crippen molar-refractivity contribution < 1.29 is 14.7 Å². The highest BCUT2D eigenvalue weighted by molar-refractivity contribution is 5.97. The normalized spacial score (nSPS) is 20.3. The van der Waals surface area contributed by atoms with Crippen molar-refractivity contribution >= 4 is 11.8 Å². The van der Waals surface area contributed by atoms with Crippen LogP contribution in [0.3, 0.4) is 0 Å². The van der Waals surface area contributed by atoms with Gasteiger partial charge in [0.25, 0.3) is 0 Å². The van der Waals surface area contributed by atoms with Gasteiger partial charge in [-0.2, -0.15) is 0 Å². The lowest BCUT2D eigenvalue weighted by Crippen LogP contribution is -2.43. The first-order valence-corrected chi connectivity index (χ1v) is 5.98. The van der Waals surface area contributed by atoms with Gasteiger partial charge in [-0.05, 0) is 24.7 Å². The minimum absolute atomic E-state index is 0.0413. The second-order valence-electron chi connectivity index (χ2n) is 4.88. The van der Waals surface area contributed by atoms with E-state index in [1.54, 1.807) is 0 Å². The topological polar surface area (TPSA) is 57.6 Å². The van der Waals surface area contributed by atoms with Gasteiger partial charge in [-0.25, -0.2) is 0 Å². The maximum Gasteiger partial charge on any atom is 0.229 e. The van der Waals surface area contributed by atoms with Crippen LogP contribution >= 0.6 is 0 Å². The summed E-state index contributed by atoms with van der Waals surface area (Å²) in [5.41, 5.74) is 0. The van der Waals surface area contributed by atoms with E-state index in [-0.39, 0.29) is 30.3 Å². The molecule has 92 valence electrons. The molecule has 4 heteroatoms. The smallest absolute Gasteiger partial charge is 0.229 e. The molecule has 1 N–H and O–H groups in total. The Morgan fingerprint density at radius 2 is 1.94 bits per heavy atom. The first-order valence-electron chi connectivity index (χ1n) is 5.98. The number of amides is 2. The highest BCUT2D eigenvalue weighted by Gasteiger charge is 2.29. The van der Waals surface area contributed by atoms with Crippen LogP contribution in [0, 0.1) is 11.8 Å². The first-order chi connectivity index (χ1) is 7.54. The molecule has 1 rings (SSSR count). The predicted molar refractivity (Wildman–Crippen MR) is 60.6 cm³/mol. The van der Waals surface area contributed by atoms with E-state index < -0.39 is 0 Å². The molecule has 2 amide bonds. The molecule has 4 nitrogen and oxygen atoms in total. The van der Waals surface area contributed by atoms with Crippen LogP contribution in [0.25, 0.3) is 0 Å². The highest BCUT2D eigenvalue weighted by atomic mass is 16.3. The van der Waals surface area contributed by atoms with Crippen LogP contribution in [-0.4, -0.2) is 35.0 Å². The van der Waals surface area contributed by atoms with Gasteiger partial charge in [0.15, 0.2) is 0 Å². The van der Waals surface area contributed by atoms with Gasteiger partial charge in [-0.3, -0.25) is 14.5 Å². The average molecular weight is 227 g/mol. The van der Waals surface area contributed by atoms with Gasteiger partial charge in [0.1, 0.15) is 0 Å². The molecule has 1 saturated heterocycles. The number of rotatable bonds is 5. The summed E-state index contributed by atoms with van der Waals surface area (Å²) in [6, 6.07) is 0. The largest absolute Gasteiger partial charge is 0.396 e. The fourth-order valence-corrected chi connectivity index (χ4v) is 1.97. The predicted octanol–water partition coefficient (Wildman–Crippen LogP) is 1.18. The van der Waals surface area contributed by atoms with Crippen molar-refractivity contribution in [1.29, 1.82) is 0 Å². The van der Waals surface area contributed by atoms with E-state index >= 15 is 0 Å². The number of aliphatic hydroxyl groups excluding tert-OH is 1. The van der Waals surface area contributed by atoms with E-state index in [0.717, 1.165) is 12.8 Å². The maximum absolute atomic E-state index is 11.6. The number of hydrogen-bond donors (Lipinski definition) is 1. The van der Waals surface area contributed by atoms with E-state index in [0.29, 0.717) is 19.4 Å². The molecule has 0 bridgehead atoms. The van der Waals surface area contributed by atoms with Crippen molar-refractivity contribution in [1.82, 2.24) is 4.90 Å². The van der Waals surface area contributed by atoms with Crippen molar-refractivity contribution in [3.63, 3.8) is 0 Å². The third-order valence-electron chi connectivity index (χ3n) is 3.04. The number of carbonyl (C=O) groups is 2. The Hall–Kier alpha value is -0.900. The fourth-order valence-electron chi connectivity index (χ4n) is 1.97. The molecule has 1 unspecified atom stereocenters. The van der Waals surface area contributed by atoms with Crippen molar-refractivity contribution in [3.8, 4) is 0 Å². The Labute approximate surface area is 96.6 Å². The molecule has 0 spiro atoms. The van der Waals surface area contributed by atoms with E-state index in [4.69, 9.17) is 5.11 Å². The summed E-state index contributed by atoms with van der Waals surface area (Å²) in [6.45, 7) is 4.57. The highest BCUT2D eigenvalue weighted by Crippen LogP contribution is 2.19. The first kappa shape index (κ1) is 13.2. The molecule has 1 heterocycles. The van der Waals surface area contributed by atoms with Gasteiger partial charge >= 0.3 is 0 Å². The zero-order valence-electron chi connectivity index (χ0n) is 10.1. The van der Waals surface area contributed by atoms with E-state index in [9.17, 15) is 9.59 Å². The van der Waals surface area contributed by atoms with Gasteiger partial charge in [-0.15, -0.1) is 0 Å². The Kier molecular flexibility index (Phi) is 4.93. The third-order valence-corrected chi connectivity index (χ3v) is 3.04. The maximum atomic E-state index is 11.6. The van der Waals surface area contributed by atoms with Crippen molar-refractivity contribution in [2.45, 2.75) is 39.5 Å². The lowest BCUT2D eigenvalue weighted by molar-refractivity contribution is -0.149. The van der Waals surface area contributed by atoms with Gasteiger partial charge in [-0.1, -0.05) is 13.8 Å². The Balaban J connectivity index is 2.35. The third kappa shape index (κ3) is 3.59. The number of hydrogen-bond acceptors (Lipinski definition) is 3. The van der Waals surface area contributed by atoms with Crippen LogP contribution in [0.15, 0.2) is 0 Å². The van der Waals surface area contributed by atoms with E-state index in [1.807, 2.05) is 13.8 Å². The van der Waals surface area contributed by atoms with Crippen LogP contribution in [0.4, 0.5) is 0 Å². The van der Waals surface area contributed by atoms with Gasteiger partial charge in [0.05, 0.1) is 0 Å². The summed E-state index contributed by atoms with van der Waals surface area (Å²) in [7, 11) is 0. The number of likely N-dealkylation sites (tertiary alicyclic amines) is 1. The number of piperidine rings is 1. The minimum Gasteiger partial charge on any atom is -0.396 e. The quantitative estimate of drug-likeness (QED) is 0.717. The standard InChI is InChI=1S/C12H21NO3/c1-9(8-14)4-3-5-13-11(15)6-10(2)7-12(13)16/h9-10,14H,3-8H2,1-2H3. The zero-order valence-corrected chi connectivity index (χ0v) is 10.1. The van der Waals surface area contributed by atoms with Crippen molar-refractivity contribution in [2.24, 2.45) is 11.8 Å². The molecule has 0 aromatic heterocycles. The molecule has 1 aliphatic heterocycles. The van der Waals surface area contributed by atoms with Crippen molar-refractivity contribution in [2.75, 3.05) is 13.2 Å². The molecule has 0 aliphatic carbocycles. The molecule has 16 heavy (non-hydrogen) atoms. The molecule has 1 aliphatic rings.